The molecule has 0 heteroatoms. The van der Waals surface area contributed by atoms with Crippen LogP contribution in [0.15, 0.2) is 84.9 Å². The summed E-state index contributed by atoms with van der Waals surface area (Å²) in [5.41, 5.74) is 2.76. The Morgan fingerprint density at radius 3 is 1.95 bits per heavy atom. The lowest BCUT2D eigenvalue weighted by Gasteiger charge is -2.10. The third-order valence-corrected chi connectivity index (χ3v) is 4.09. The van der Waals surface area contributed by atoms with Gasteiger partial charge in [-0.2, -0.15) is 0 Å². The van der Waals surface area contributed by atoms with E-state index >= 15 is 0 Å². The Balaban J connectivity index is 1.98. The predicted molar refractivity (Wildman–Crippen MR) is 90.7 cm³/mol. The zero-order chi connectivity index (χ0) is 14.1. The molecule has 0 atom stereocenters. The molecular weight excluding hydrogens is 252 g/mol. The van der Waals surface area contributed by atoms with Gasteiger partial charge in [-0.05, 0) is 39.1 Å². The average molecular weight is 268 g/mol. The molecule has 0 heterocycles. The van der Waals surface area contributed by atoms with Gasteiger partial charge < -0.3 is 0 Å². The van der Waals surface area contributed by atoms with E-state index in [-0.39, 0.29) is 0 Å². The first-order valence-corrected chi connectivity index (χ1v) is 7.35. The fourth-order valence-corrected chi connectivity index (χ4v) is 3.09. The molecule has 21 heavy (non-hydrogen) atoms. The first kappa shape index (κ1) is 12.2. The van der Waals surface area contributed by atoms with Crippen LogP contribution in [0.5, 0.6) is 0 Å². The molecule has 0 saturated carbocycles. The highest BCUT2D eigenvalue weighted by Gasteiger charge is 2.06. The van der Waals surface area contributed by atoms with Crippen LogP contribution in [-0.4, -0.2) is 0 Å². The average Bonchev–Trinajstić information content (AvgIpc) is 2.56. The van der Waals surface area contributed by atoms with Gasteiger partial charge in [-0.1, -0.05) is 84.9 Å². The number of fused-ring (bicyclic) bond motifs is 3. The molecule has 0 amide bonds. The van der Waals surface area contributed by atoms with Crippen molar-refractivity contribution in [2.75, 3.05) is 0 Å². The van der Waals surface area contributed by atoms with E-state index in [1.54, 1.807) is 0 Å². The van der Waals surface area contributed by atoms with Crippen LogP contribution in [-0.2, 0) is 6.42 Å². The highest BCUT2D eigenvalue weighted by molar-refractivity contribution is 6.09. The Kier molecular flexibility index (Phi) is 2.93. The van der Waals surface area contributed by atoms with Crippen LogP contribution >= 0.6 is 0 Å². The van der Waals surface area contributed by atoms with Gasteiger partial charge in [-0.25, -0.2) is 0 Å². The molecule has 0 aliphatic rings. The lowest BCUT2D eigenvalue weighted by molar-refractivity contribution is 1.22. The second-order valence-electron chi connectivity index (χ2n) is 5.46. The van der Waals surface area contributed by atoms with Crippen molar-refractivity contribution < 1.29 is 0 Å². The van der Waals surface area contributed by atoms with E-state index in [1.165, 1.54) is 32.7 Å². The molecule has 0 unspecified atom stereocenters. The van der Waals surface area contributed by atoms with Gasteiger partial charge in [-0.15, -0.1) is 0 Å². The summed E-state index contributed by atoms with van der Waals surface area (Å²) in [7, 11) is 0. The summed E-state index contributed by atoms with van der Waals surface area (Å²) in [6.07, 6.45) is 0.978. The smallest absolute Gasteiger partial charge is 0.00194 e. The third kappa shape index (κ3) is 2.19. The molecule has 0 radical (unpaired) electrons. The summed E-state index contributed by atoms with van der Waals surface area (Å²) >= 11 is 0. The van der Waals surface area contributed by atoms with Gasteiger partial charge in [0, 0.05) is 0 Å². The fourth-order valence-electron chi connectivity index (χ4n) is 3.09. The van der Waals surface area contributed by atoms with Crippen LogP contribution < -0.4 is 0 Å². The van der Waals surface area contributed by atoms with Crippen molar-refractivity contribution in [3.05, 3.63) is 96.1 Å². The molecule has 0 N–H and O–H groups in total. The molecule has 0 bridgehead atoms. The SMILES string of the molecule is c1ccc(Cc2cc3ccccc3c3ccccc23)cc1. The normalized spacial score (nSPS) is 11.0. The summed E-state index contributed by atoms with van der Waals surface area (Å²) in [5, 5.41) is 5.37. The van der Waals surface area contributed by atoms with Crippen molar-refractivity contribution in [2.24, 2.45) is 0 Å². The Morgan fingerprint density at radius 1 is 0.524 bits per heavy atom. The molecule has 0 saturated heterocycles. The largest absolute Gasteiger partial charge is 0.0622 e. The van der Waals surface area contributed by atoms with Crippen molar-refractivity contribution in [1.82, 2.24) is 0 Å². The maximum Gasteiger partial charge on any atom is -0.00194 e. The van der Waals surface area contributed by atoms with Crippen LogP contribution in [0.4, 0.5) is 0 Å². The van der Waals surface area contributed by atoms with Gasteiger partial charge in [0.05, 0.1) is 0 Å². The van der Waals surface area contributed by atoms with Crippen LogP contribution in [0.25, 0.3) is 21.5 Å². The van der Waals surface area contributed by atoms with E-state index in [1.807, 2.05) is 0 Å². The zero-order valence-electron chi connectivity index (χ0n) is 11.8. The Labute approximate surface area is 124 Å². The molecular formula is C21H16. The van der Waals surface area contributed by atoms with E-state index in [9.17, 15) is 0 Å². The first-order chi connectivity index (χ1) is 10.4. The lowest BCUT2D eigenvalue weighted by Crippen LogP contribution is -1.91. The topological polar surface area (TPSA) is 0 Å². The van der Waals surface area contributed by atoms with E-state index in [2.05, 4.69) is 84.9 Å². The second kappa shape index (κ2) is 5.06. The highest BCUT2D eigenvalue weighted by Crippen LogP contribution is 2.29. The molecule has 4 aromatic carbocycles. The van der Waals surface area contributed by atoms with E-state index < -0.39 is 0 Å². The van der Waals surface area contributed by atoms with Gasteiger partial charge in [0.2, 0.25) is 0 Å². The summed E-state index contributed by atoms with van der Waals surface area (Å²) in [6, 6.07) is 30.4. The fraction of sp³-hybridized carbons (Fsp3) is 0.0476. The van der Waals surface area contributed by atoms with Gasteiger partial charge in [0.25, 0.3) is 0 Å². The van der Waals surface area contributed by atoms with Gasteiger partial charge in [-0.3, -0.25) is 0 Å². The number of hydrogen-bond acceptors (Lipinski definition) is 0. The molecule has 4 rings (SSSR count). The number of benzene rings is 4. The van der Waals surface area contributed by atoms with Crippen LogP contribution in [0, 0.1) is 0 Å². The second-order valence-corrected chi connectivity index (χ2v) is 5.46. The monoisotopic (exact) mass is 268 g/mol. The summed E-state index contributed by atoms with van der Waals surface area (Å²) in [6.45, 7) is 0. The van der Waals surface area contributed by atoms with Crippen molar-refractivity contribution in [1.29, 1.82) is 0 Å². The third-order valence-electron chi connectivity index (χ3n) is 4.09. The number of hydrogen-bond donors (Lipinski definition) is 0. The molecule has 0 aromatic heterocycles. The Hall–Kier alpha value is -2.60. The molecule has 0 nitrogen and oxygen atoms in total. The Bertz CT molecular complexity index is 905. The maximum absolute atomic E-state index is 2.34. The molecule has 0 fully saturated rings. The first-order valence-electron chi connectivity index (χ1n) is 7.35. The molecule has 0 aliphatic heterocycles. The van der Waals surface area contributed by atoms with Crippen LogP contribution in [0.2, 0.25) is 0 Å². The molecule has 100 valence electrons. The van der Waals surface area contributed by atoms with Gasteiger partial charge >= 0.3 is 0 Å². The summed E-state index contributed by atoms with van der Waals surface area (Å²) in [5.74, 6) is 0. The van der Waals surface area contributed by atoms with Crippen molar-refractivity contribution in [2.45, 2.75) is 6.42 Å². The van der Waals surface area contributed by atoms with Crippen molar-refractivity contribution in [3.8, 4) is 0 Å². The van der Waals surface area contributed by atoms with Crippen molar-refractivity contribution in [3.63, 3.8) is 0 Å². The van der Waals surface area contributed by atoms with E-state index in [0.29, 0.717) is 0 Å². The minimum Gasteiger partial charge on any atom is -0.0622 e. The maximum atomic E-state index is 2.34. The molecule has 4 aromatic rings. The minimum absolute atomic E-state index is 0.978. The summed E-state index contributed by atoms with van der Waals surface area (Å²) < 4.78 is 0. The van der Waals surface area contributed by atoms with E-state index in [4.69, 9.17) is 0 Å². The lowest BCUT2D eigenvalue weighted by atomic mass is 9.94. The molecule has 0 spiro atoms. The van der Waals surface area contributed by atoms with Gasteiger partial charge in [0.1, 0.15) is 0 Å². The zero-order valence-corrected chi connectivity index (χ0v) is 11.8. The van der Waals surface area contributed by atoms with E-state index in [0.717, 1.165) is 6.42 Å². The summed E-state index contributed by atoms with van der Waals surface area (Å²) in [4.78, 5) is 0. The Morgan fingerprint density at radius 2 is 1.14 bits per heavy atom. The quantitative estimate of drug-likeness (QED) is 0.416. The number of rotatable bonds is 2. The predicted octanol–water partition coefficient (Wildman–Crippen LogP) is 5.58. The molecule has 0 aliphatic carbocycles. The van der Waals surface area contributed by atoms with Crippen LogP contribution in [0.3, 0.4) is 0 Å². The highest BCUT2D eigenvalue weighted by atomic mass is 14.1. The van der Waals surface area contributed by atoms with Crippen molar-refractivity contribution >= 4 is 21.5 Å². The van der Waals surface area contributed by atoms with Gasteiger partial charge in [0.15, 0.2) is 0 Å². The minimum atomic E-state index is 0.978. The van der Waals surface area contributed by atoms with Crippen LogP contribution in [0.1, 0.15) is 11.1 Å². The standard InChI is InChI=1S/C21H16/c1-2-8-16(9-3-1)14-18-15-17-10-4-5-11-19(17)21-13-7-6-12-20(18)21/h1-13,15H,14H2.